The zero-order valence-corrected chi connectivity index (χ0v) is 5.87. The van der Waals surface area contributed by atoms with E-state index < -0.39 is 0 Å². The molecule has 1 saturated heterocycles. The summed E-state index contributed by atoms with van der Waals surface area (Å²) in [6, 6.07) is 0. The molecule has 3 nitrogen and oxygen atoms in total. The van der Waals surface area contributed by atoms with Crippen molar-refractivity contribution >= 4 is 12.3 Å². The van der Waals surface area contributed by atoms with Gasteiger partial charge in [-0.3, -0.25) is 4.79 Å². The van der Waals surface area contributed by atoms with Crippen molar-refractivity contribution in [3.05, 3.63) is 0 Å². The lowest BCUT2D eigenvalue weighted by molar-refractivity contribution is -0.144. The molecule has 0 bridgehead atoms. The highest BCUT2D eigenvalue weighted by Crippen LogP contribution is 2.22. The average molecular weight is 142 g/mol. The smallest absolute Gasteiger partial charge is 0.309 e. The molecule has 1 rings (SSSR count). The van der Waals surface area contributed by atoms with Gasteiger partial charge in [-0.05, 0) is 13.3 Å². The van der Waals surface area contributed by atoms with E-state index in [1.54, 1.807) is 0 Å². The van der Waals surface area contributed by atoms with Crippen molar-refractivity contribution < 1.29 is 14.3 Å². The summed E-state index contributed by atoms with van der Waals surface area (Å²) in [5.41, 5.74) is 0. The number of ether oxygens (including phenoxy) is 1. The van der Waals surface area contributed by atoms with Crippen molar-refractivity contribution in [3.63, 3.8) is 0 Å². The van der Waals surface area contributed by atoms with Crippen LogP contribution in [-0.4, -0.2) is 18.4 Å². The lowest BCUT2D eigenvalue weighted by atomic mass is 10.0. The van der Waals surface area contributed by atoms with Gasteiger partial charge >= 0.3 is 5.97 Å². The summed E-state index contributed by atoms with van der Waals surface area (Å²) in [4.78, 5) is 20.8. The third kappa shape index (κ3) is 1.35. The van der Waals surface area contributed by atoms with E-state index in [0.29, 0.717) is 12.8 Å². The van der Waals surface area contributed by atoms with E-state index in [1.807, 2.05) is 6.92 Å². The Labute approximate surface area is 59.4 Å². The number of hydrogen-bond donors (Lipinski definition) is 0. The molecule has 1 unspecified atom stereocenters. The van der Waals surface area contributed by atoms with E-state index in [9.17, 15) is 9.59 Å². The van der Waals surface area contributed by atoms with Crippen LogP contribution in [0.3, 0.4) is 0 Å². The lowest BCUT2D eigenvalue weighted by Crippen LogP contribution is -2.07. The molecule has 0 spiro atoms. The first kappa shape index (κ1) is 7.25. The zero-order valence-electron chi connectivity index (χ0n) is 5.87. The summed E-state index contributed by atoms with van der Waals surface area (Å²) < 4.78 is 4.83. The van der Waals surface area contributed by atoms with Crippen LogP contribution in [0, 0.1) is 5.92 Å². The molecule has 2 atom stereocenters. The SMILES string of the molecule is C[C@@H]1CC(CC=O)C(=O)O1. The van der Waals surface area contributed by atoms with Crippen molar-refractivity contribution in [1.82, 2.24) is 0 Å². The predicted molar refractivity (Wildman–Crippen MR) is 34.3 cm³/mol. The van der Waals surface area contributed by atoms with Gasteiger partial charge in [-0.2, -0.15) is 0 Å². The predicted octanol–water partition coefficient (Wildman–Crippen LogP) is 0.527. The van der Waals surface area contributed by atoms with Crippen LogP contribution < -0.4 is 0 Å². The fourth-order valence-corrected chi connectivity index (χ4v) is 1.15. The average Bonchev–Trinajstić information content (AvgIpc) is 2.13. The number of carbonyl (C=O) groups excluding carboxylic acids is 2. The van der Waals surface area contributed by atoms with Crippen LogP contribution in [0.1, 0.15) is 19.8 Å². The molecule has 1 aliphatic rings. The molecule has 1 aliphatic heterocycles. The minimum absolute atomic E-state index is 0.00236. The first-order valence-electron chi connectivity index (χ1n) is 3.38. The molecule has 3 heteroatoms. The number of hydrogen-bond acceptors (Lipinski definition) is 3. The molecule has 0 amide bonds. The molecular formula is C7H10O3. The number of aldehydes is 1. The van der Waals surface area contributed by atoms with Crippen LogP contribution >= 0.6 is 0 Å². The molecule has 10 heavy (non-hydrogen) atoms. The Balaban J connectivity index is 2.46. The molecule has 1 heterocycles. The van der Waals surface area contributed by atoms with E-state index in [4.69, 9.17) is 4.74 Å². The van der Waals surface area contributed by atoms with E-state index in [2.05, 4.69) is 0 Å². The summed E-state index contributed by atoms with van der Waals surface area (Å²) in [5, 5.41) is 0. The van der Waals surface area contributed by atoms with E-state index >= 15 is 0 Å². The molecule has 56 valence electrons. The van der Waals surface area contributed by atoms with Crippen molar-refractivity contribution in [2.24, 2.45) is 5.92 Å². The van der Waals surface area contributed by atoms with Gasteiger partial charge in [0.05, 0.1) is 12.0 Å². The van der Waals surface area contributed by atoms with Gasteiger partial charge < -0.3 is 9.53 Å². The van der Waals surface area contributed by atoms with Gasteiger partial charge in [0.25, 0.3) is 0 Å². The van der Waals surface area contributed by atoms with Crippen molar-refractivity contribution in [2.75, 3.05) is 0 Å². The molecule has 0 radical (unpaired) electrons. The zero-order chi connectivity index (χ0) is 7.56. The fourth-order valence-electron chi connectivity index (χ4n) is 1.15. The Morgan fingerprint density at radius 2 is 2.50 bits per heavy atom. The summed E-state index contributed by atoms with van der Waals surface area (Å²) >= 11 is 0. The summed E-state index contributed by atoms with van der Waals surface area (Å²) in [5.74, 6) is -0.396. The Morgan fingerprint density at radius 1 is 1.80 bits per heavy atom. The lowest BCUT2D eigenvalue weighted by Gasteiger charge is -1.95. The van der Waals surface area contributed by atoms with Crippen LogP contribution in [0.5, 0.6) is 0 Å². The van der Waals surface area contributed by atoms with E-state index in [0.717, 1.165) is 6.29 Å². The second-order valence-corrected chi connectivity index (χ2v) is 2.58. The van der Waals surface area contributed by atoms with Gasteiger partial charge in [-0.25, -0.2) is 0 Å². The number of esters is 1. The topological polar surface area (TPSA) is 43.4 Å². The number of cyclic esters (lactones) is 1. The van der Waals surface area contributed by atoms with E-state index in [1.165, 1.54) is 0 Å². The third-order valence-corrected chi connectivity index (χ3v) is 1.65. The Kier molecular flexibility index (Phi) is 2.04. The highest BCUT2D eigenvalue weighted by Gasteiger charge is 2.30. The molecule has 1 fully saturated rings. The molecule has 0 saturated carbocycles. The third-order valence-electron chi connectivity index (χ3n) is 1.65. The van der Waals surface area contributed by atoms with Crippen LogP contribution in [-0.2, 0) is 14.3 Å². The number of carbonyl (C=O) groups is 2. The highest BCUT2D eigenvalue weighted by atomic mass is 16.5. The fraction of sp³-hybridized carbons (Fsp3) is 0.714. The van der Waals surface area contributed by atoms with Crippen molar-refractivity contribution in [1.29, 1.82) is 0 Å². The minimum atomic E-state index is -0.223. The van der Waals surface area contributed by atoms with Gasteiger partial charge in [0, 0.05) is 6.42 Å². The molecule has 0 aromatic rings. The maximum absolute atomic E-state index is 10.8. The standard InChI is InChI=1S/C7H10O3/c1-5-4-6(2-3-8)7(9)10-5/h3,5-6H,2,4H2,1H3/t5-,6?/m1/s1. The maximum Gasteiger partial charge on any atom is 0.309 e. The van der Waals surface area contributed by atoms with Gasteiger partial charge in [0.2, 0.25) is 0 Å². The molecular weight excluding hydrogens is 132 g/mol. The van der Waals surface area contributed by atoms with Crippen molar-refractivity contribution in [3.8, 4) is 0 Å². The van der Waals surface area contributed by atoms with Crippen LogP contribution in [0.2, 0.25) is 0 Å². The quantitative estimate of drug-likeness (QED) is 0.417. The van der Waals surface area contributed by atoms with Gasteiger partial charge in [0.1, 0.15) is 6.29 Å². The molecule has 0 aromatic heterocycles. The molecule has 0 aliphatic carbocycles. The number of rotatable bonds is 2. The van der Waals surface area contributed by atoms with Crippen LogP contribution in [0.25, 0.3) is 0 Å². The Bertz CT molecular complexity index is 153. The molecule has 0 N–H and O–H groups in total. The Morgan fingerprint density at radius 3 is 2.90 bits per heavy atom. The van der Waals surface area contributed by atoms with E-state index in [-0.39, 0.29) is 18.0 Å². The molecule has 0 aromatic carbocycles. The largest absolute Gasteiger partial charge is 0.462 e. The van der Waals surface area contributed by atoms with Crippen LogP contribution in [0.15, 0.2) is 0 Å². The monoisotopic (exact) mass is 142 g/mol. The second kappa shape index (κ2) is 2.82. The Hall–Kier alpha value is -0.860. The minimum Gasteiger partial charge on any atom is -0.462 e. The second-order valence-electron chi connectivity index (χ2n) is 2.58. The highest BCUT2D eigenvalue weighted by molar-refractivity contribution is 5.77. The van der Waals surface area contributed by atoms with Gasteiger partial charge in [-0.1, -0.05) is 0 Å². The summed E-state index contributed by atoms with van der Waals surface area (Å²) in [6.45, 7) is 1.84. The first-order chi connectivity index (χ1) is 4.74. The van der Waals surface area contributed by atoms with Crippen molar-refractivity contribution in [2.45, 2.75) is 25.9 Å². The normalized spacial score (nSPS) is 31.9. The van der Waals surface area contributed by atoms with Crippen LogP contribution in [0.4, 0.5) is 0 Å². The van der Waals surface area contributed by atoms with Gasteiger partial charge in [-0.15, -0.1) is 0 Å². The maximum atomic E-state index is 10.8. The summed E-state index contributed by atoms with van der Waals surface area (Å²) in [6.07, 6.45) is 1.77. The summed E-state index contributed by atoms with van der Waals surface area (Å²) in [7, 11) is 0. The van der Waals surface area contributed by atoms with Gasteiger partial charge in [0.15, 0.2) is 0 Å². The first-order valence-corrected chi connectivity index (χ1v) is 3.38.